The second-order valence-electron chi connectivity index (χ2n) is 3.92. The second kappa shape index (κ2) is 6.54. The van der Waals surface area contributed by atoms with Crippen molar-refractivity contribution in [1.29, 1.82) is 0 Å². The molecule has 3 N–H and O–H groups in total. The van der Waals surface area contributed by atoms with Gasteiger partial charge < -0.3 is 11.1 Å². The Morgan fingerprint density at radius 3 is 2.75 bits per heavy atom. The van der Waals surface area contributed by atoms with Crippen LogP contribution in [0.3, 0.4) is 0 Å². The highest BCUT2D eigenvalue weighted by molar-refractivity contribution is 9.10. The SMILES string of the molecule is NCc1cc(C(=O)Nc2ccc(Br)c(Cl)c2Cl)ccn1. The Labute approximate surface area is 134 Å². The Morgan fingerprint density at radius 1 is 1.30 bits per heavy atom. The number of nitrogens with one attached hydrogen (secondary N) is 1. The lowest BCUT2D eigenvalue weighted by atomic mass is 10.2. The molecule has 1 aromatic carbocycles. The Kier molecular flexibility index (Phi) is 4.99. The summed E-state index contributed by atoms with van der Waals surface area (Å²) in [5.74, 6) is -0.303. The molecular formula is C13H10BrCl2N3O. The van der Waals surface area contributed by atoms with Crippen LogP contribution in [-0.2, 0) is 6.54 Å². The van der Waals surface area contributed by atoms with E-state index in [9.17, 15) is 4.79 Å². The van der Waals surface area contributed by atoms with Crippen LogP contribution in [0.15, 0.2) is 34.9 Å². The number of nitrogens with two attached hydrogens (primary N) is 1. The molecule has 20 heavy (non-hydrogen) atoms. The van der Waals surface area contributed by atoms with Crippen LogP contribution in [0.25, 0.3) is 0 Å². The van der Waals surface area contributed by atoms with E-state index < -0.39 is 0 Å². The predicted molar refractivity (Wildman–Crippen MR) is 84.2 cm³/mol. The monoisotopic (exact) mass is 373 g/mol. The van der Waals surface area contributed by atoms with E-state index >= 15 is 0 Å². The number of carbonyl (C=O) groups excluding carboxylic acids is 1. The topological polar surface area (TPSA) is 68.0 Å². The number of anilines is 1. The number of benzene rings is 1. The average molecular weight is 375 g/mol. The summed E-state index contributed by atoms with van der Waals surface area (Å²) in [5.41, 5.74) is 7.03. The van der Waals surface area contributed by atoms with Crippen molar-refractivity contribution in [2.75, 3.05) is 5.32 Å². The minimum absolute atomic E-state index is 0.270. The first kappa shape index (κ1) is 15.3. The Balaban J connectivity index is 2.25. The van der Waals surface area contributed by atoms with Gasteiger partial charge in [-0.15, -0.1) is 0 Å². The van der Waals surface area contributed by atoms with Gasteiger partial charge >= 0.3 is 0 Å². The quantitative estimate of drug-likeness (QED) is 0.801. The first-order chi connectivity index (χ1) is 9.52. The van der Waals surface area contributed by atoms with Crippen molar-refractivity contribution < 1.29 is 4.79 Å². The molecule has 0 fully saturated rings. The molecule has 1 heterocycles. The number of carbonyl (C=O) groups is 1. The number of pyridine rings is 1. The molecule has 4 nitrogen and oxygen atoms in total. The van der Waals surface area contributed by atoms with Crippen LogP contribution in [-0.4, -0.2) is 10.9 Å². The van der Waals surface area contributed by atoms with E-state index in [0.29, 0.717) is 26.4 Å². The van der Waals surface area contributed by atoms with Gasteiger partial charge in [0.2, 0.25) is 0 Å². The van der Waals surface area contributed by atoms with E-state index in [1.165, 1.54) is 6.20 Å². The van der Waals surface area contributed by atoms with Crippen LogP contribution in [0.4, 0.5) is 5.69 Å². The second-order valence-corrected chi connectivity index (χ2v) is 5.53. The summed E-state index contributed by atoms with van der Waals surface area (Å²) in [4.78, 5) is 16.2. The Bertz CT molecular complexity index is 664. The number of nitrogens with zero attached hydrogens (tertiary/aromatic N) is 1. The molecule has 0 aliphatic carbocycles. The molecule has 0 aliphatic heterocycles. The molecular weight excluding hydrogens is 365 g/mol. The fourth-order valence-corrected chi connectivity index (χ4v) is 2.37. The molecule has 104 valence electrons. The maximum absolute atomic E-state index is 12.1. The first-order valence-electron chi connectivity index (χ1n) is 5.62. The number of amides is 1. The van der Waals surface area contributed by atoms with Crippen molar-refractivity contribution in [3.63, 3.8) is 0 Å². The highest BCUT2D eigenvalue weighted by Crippen LogP contribution is 2.35. The van der Waals surface area contributed by atoms with Gasteiger partial charge in [-0.2, -0.15) is 0 Å². The molecule has 0 radical (unpaired) electrons. The standard InChI is InChI=1S/C13H10BrCl2N3O/c14-9-1-2-10(12(16)11(9)15)19-13(20)7-3-4-18-8(5-7)6-17/h1-5H,6,17H2,(H,19,20). The summed E-state index contributed by atoms with van der Waals surface area (Å²) < 4.78 is 0.663. The van der Waals surface area contributed by atoms with E-state index in [4.69, 9.17) is 28.9 Å². The average Bonchev–Trinajstić information content (AvgIpc) is 2.48. The fourth-order valence-electron chi connectivity index (χ4n) is 1.55. The van der Waals surface area contributed by atoms with E-state index in [1.54, 1.807) is 24.3 Å². The van der Waals surface area contributed by atoms with Gasteiger partial charge in [0.25, 0.3) is 5.91 Å². The third-order valence-corrected chi connectivity index (χ3v) is 4.34. The third kappa shape index (κ3) is 3.30. The summed E-state index contributed by atoms with van der Waals surface area (Å²) in [6.07, 6.45) is 1.53. The maximum Gasteiger partial charge on any atom is 0.255 e. The number of hydrogen-bond donors (Lipinski definition) is 2. The van der Waals surface area contributed by atoms with Crippen molar-refractivity contribution in [1.82, 2.24) is 4.98 Å². The van der Waals surface area contributed by atoms with Crippen LogP contribution < -0.4 is 11.1 Å². The lowest BCUT2D eigenvalue weighted by molar-refractivity contribution is 0.102. The van der Waals surface area contributed by atoms with E-state index in [2.05, 4.69) is 26.2 Å². The number of halogens is 3. The molecule has 1 amide bonds. The number of hydrogen-bond acceptors (Lipinski definition) is 3. The summed E-state index contributed by atoms with van der Waals surface area (Å²) >= 11 is 15.3. The molecule has 0 unspecified atom stereocenters. The van der Waals surface area contributed by atoms with Crippen LogP contribution in [0.2, 0.25) is 10.0 Å². The highest BCUT2D eigenvalue weighted by Gasteiger charge is 2.12. The molecule has 0 saturated carbocycles. The van der Waals surface area contributed by atoms with Gasteiger partial charge in [-0.05, 0) is 40.2 Å². The van der Waals surface area contributed by atoms with E-state index in [1.807, 2.05) is 0 Å². The molecule has 0 bridgehead atoms. The first-order valence-corrected chi connectivity index (χ1v) is 7.17. The summed E-state index contributed by atoms with van der Waals surface area (Å²) in [6, 6.07) is 6.61. The molecule has 0 atom stereocenters. The summed E-state index contributed by atoms with van der Waals surface area (Å²) in [5, 5.41) is 3.33. The zero-order valence-electron chi connectivity index (χ0n) is 10.2. The van der Waals surface area contributed by atoms with Crippen molar-refractivity contribution in [2.24, 2.45) is 5.73 Å². The lowest BCUT2D eigenvalue weighted by Crippen LogP contribution is -2.13. The van der Waals surface area contributed by atoms with E-state index in [0.717, 1.165) is 0 Å². The smallest absolute Gasteiger partial charge is 0.255 e. The molecule has 2 rings (SSSR count). The zero-order chi connectivity index (χ0) is 14.7. The molecule has 1 aromatic heterocycles. The van der Waals surface area contributed by atoms with Gasteiger partial charge in [-0.3, -0.25) is 9.78 Å². The van der Waals surface area contributed by atoms with Gasteiger partial charge in [-0.25, -0.2) is 0 Å². The van der Waals surface area contributed by atoms with E-state index in [-0.39, 0.29) is 17.5 Å². The lowest BCUT2D eigenvalue weighted by Gasteiger charge is -2.09. The van der Waals surface area contributed by atoms with Gasteiger partial charge in [0.15, 0.2) is 0 Å². The minimum atomic E-state index is -0.303. The van der Waals surface area contributed by atoms with Crippen LogP contribution in [0, 0.1) is 0 Å². The largest absolute Gasteiger partial charge is 0.325 e. The van der Waals surface area contributed by atoms with Crippen molar-refractivity contribution in [2.45, 2.75) is 6.54 Å². The summed E-state index contributed by atoms with van der Waals surface area (Å²) in [7, 11) is 0. The molecule has 0 aliphatic rings. The Morgan fingerprint density at radius 2 is 2.05 bits per heavy atom. The predicted octanol–water partition coefficient (Wildman–Crippen LogP) is 3.86. The van der Waals surface area contributed by atoms with Crippen molar-refractivity contribution in [3.05, 3.63) is 56.2 Å². The Hall–Kier alpha value is -1.14. The molecule has 7 heteroatoms. The fraction of sp³-hybridized carbons (Fsp3) is 0.0769. The highest BCUT2D eigenvalue weighted by atomic mass is 79.9. The van der Waals surface area contributed by atoms with Gasteiger partial charge in [0.05, 0.1) is 21.4 Å². The summed E-state index contributed by atoms with van der Waals surface area (Å²) in [6.45, 7) is 0.270. The minimum Gasteiger partial charge on any atom is -0.325 e. The normalized spacial score (nSPS) is 10.4. The third-order valence-electron chi connectivity index (χ3n) is 2.57. The van der Waals surface area contributed by atoms with Crippen molar-refractivity contribution in [3.8, 4) is 0 Å². The number of rotatable bonds is 3. The maximum atomic E-state index is 12.1. The van der Waals surface area contributed by atoms with Gasteiger partial charge in [0.1, 0.15) is 0 Å². The zero-order valence-corrected chi connectivity index (χ0v) is 13.3. The van der Waals surface area contributed by atoms with Crippen LogP contribution in [0.5, 0.6) is 0 Å². The van der Waals surface area contributed by atoms with Gasteiger partial charge in [-0.1, -0.05) is 23.2 Å². The van der Waals surface area contributed by atoms with Crippen LogP contribution >= 0.6 is 39.1 Å². The molecule has 0 saturated heterocycles. The van der Waals surface area contributed by atoms with Crippen LogP contribution in [0.1, 0.15) is 16.1 Å². The van der Waals surface area contributed by atoms with Crippen molar-refractivity contribution >= 4 is 50.7 Å². The number of aromatic nitrogens is 1. The van der Waals surface area contributed by atoms with Gasteiger partial charge in [0, 0.05) is 22.8 Å². The molecule has 2 aromatic rings. The molecule has 0 spiro atoms.